The summed E-state index contributed by atoms with van der Waals surface area (Å²) >= 11 is 4.35. The maximum Gasteiger partial charge on any atom is 0.139 e. The summed E-state index contributed by atoms with van der Waals surface area (Å²) in [5.41, 5.74) is -0.937. The maximum atomic E-state index is 9.76. The van der Waals surface area contributed by atoms with Gasteiger partial charge in [0, 0.05) is 12.0 Å². The molecule has 0 aromatic carbocycles. The Kier molecular flexibility index (Phi) is 6.68. The Bertz CT molecular complexity index is 192. The zero-order valence-electron chi connectivity index (χ0n) is 8.95. The fourth-order valence-corrected chi connectivity index (χ4v) is 2.75. The van der Waals surface area contributed by atoms with Gasteiger partial charge in [0.2, 0.25) is 0 Å². The Morgan fingerprint density at radius 1 is 1.64 bits per heavy atom. The van der Waals surface area contributed by atoms with Crippen molar-refractivity contribution in [2.24, 2.45) is 0 Å². The van der Waals surface area contributed by atoms with E-state index in [-0.39, 0.29) is 26.0 Å². The van der Waals surface area contributed by atoms with E-state index in [1.54, 1.807) is 6.92 Å². The predicted octanol–water partition coefficient (Wildman–Crippen LogP) is 0.646. The summed E-state index contributed by atoms with van der Waals surface area (Å²) in [6, 6.07) is 0. The van der Waals surface area contributed by atoms with Crippen LogP contribution in [0.15, 0.2) is 0 Å². The lowest BCUT2D eigenvalue weighted by molar-refractivity contribution is 0.00638. The van der Waals surface area contributed by atoms with Crippen LogP contribution < -0.4 is 0 Å². The highest BCUT2D eigenvalue weighted by Crippen LogP contribution is 2.09. The molecule has 0 aliphatic heterocycles. The van der Waals surface area contributed by atoms with E-state index >= 15 is 0 Å². The summed E-state index contributed by atoms with van der Waals surface area (Å²) < 4.78 is 5.06. The van der Waals surface area contributed by atoms with E-state index in [0.717, 1.165) is 12.8 Å². The number of methoxy groups -OCH3 is 1. The number of aliphatic hydroxyl groups is 2. The third kappa shape index (κ3) is 4.12. The lowest BCUT2D eigenvalue weighted by Crippen LogP contribution is -2.43. The molecular formula is C9H19O3SSi. The lowest BCUT2D eigenvalue weighted by atomic mass is 10.1. The average molecular weight is 235 g/mol. The van der Waals surface area contributed by atoms with Crippen molar-refractivity contribution in [2.45, 2.75) is 37.2 Å². The lowest BCUT2D eigenvalue weighted by Gasteiger charge is -2.25. The van der Waals surface area contributed by atoms with E-state index in [9.17, 15) is 5.11 Å². The van der Waals surface area contributed by atoms with Crippen LogP contribution in [-0.2, 0) is 4.74 Å². The number of thiol groups is 1. The molecule has 2 N–H and O–H groups in total. The molecule has 0 aromatic rings. The minimum atomic E-state index is -0.937. The SMILES string of the molecule is CCCC(S)[Si]=C(O)C(C)(CO)OC. The Morgan fingerprint density at radius 3 is 2.57 bits per heavy atom. The molecule has 83 valence electrons. The summed E-state index contributed by atoms with van der Waals surface area (Å²) in [5.74, 6) is 0. The van der Waals surface area contributed by atoms with Crippen molar-refractivity contribution < 1.29 is 14.9 Å². The first-order valence-electron chi connectivity index (χ1n) is 4.67. The van der Waals surface area contributed by atoms with Crippen molar-refractivity contribution in [3.05, 3.63) is 0 Å². The zero-order valence-corrected chi connectivity index (χ0v) is 10.8. The molecule has 0 aliphatic carbocycles. The molecule has 0 aromatic heterocycles. The van der Waals surface area contributed by atoms with Crippen LogP contribution in [-0.4, -0.2) is 48.9 Å². The molecule has 1 radical (unpaired) electrons. The summed E-state index contributed by atoms with van der Waals surface area (Å²) in [7, 11) is 1.68. The number of aliphatic hydroxyl groups excluding tert-OH is 2. The monoisotopic (exact) mass is 235 g/mol. The first kappa shape index (κ1) is 14.2. The van der Waals surface area contributed by atoms with Crippen LogP contribution in [0, 0.1) is 0 Å². The minimum absolute atomic E-state index is 0.154. The average Bonchev–Trinajstić information content (AvgIpc) is 2.16. The number of ether oxygens (including phenoxy) is 1. The van der Waals surface area contributed by atoms with Gasteiger partial charge in [0.05, 0.1) is 21.1 Å². The van der Waals surface area contributed by atoms with E-state index in [4.69, 9.17) is 9.84 Å². The first-order chi connectivity index (χ1) is 6.50. The van der Waals surface area contributed by atoms with Crippen molar-refractivity contribution in [3.8, 4) is 0 Å². The van der Waals surface area contributed by atoms with Gasteiger partial charge in [-0.1, -0.05) is 13.3 Å². The highest BCUT2D eigenvalue weighted by atomic mass is 32.1. The highest BCUT2D eigenvalue weighted by Gasteiger charge is 2.28. The number of rotatable bonds is 6. The van der Waals surface area contributed by atoms with Crippen molar-refractivity contribution >= 4 is 27.1 Å². The maximum absolute atomic E-state index is 9.76. The third-order valence-corrected chi connectivity index (χ3v) is 4.19. The van der Waals surface area contributed by atoms with Crippen molar-refractivity contribution in [1.29, 1.82) is 0 Å². The zero-order chi connectivity index (χ0) is 11.2. The Labute approximate surface area is 93.3 Å². The molecule has 14 heavy (non-hydrogen) atoms. The quantitative estimate of drug-likeness (QED) is 0.468. The smallest absolute Gasteiger partial charge is 0.139 e. The molecule has 0 saturated heterocycles. The predicted molar refractivity (Wildman–Crippen MR) is 62.9 cm³/mol. The Morgan fingerprint density at radius 2 is 2.21 bits per heavy atom. The molecule has 0 heterocycles. The van der Waals surface area contributed by atoms with Crippen LogP contribution in [0.3, 0.4) is 0 Å². The number of hydrogen-bond donors (Lipinski definition) is 3. The number of hydrogen-bond acceptors (Lipinski definition) is 4. The van der Waals surface area contributed by atoms with Crippen LogP contribution in [0.1, 0.15) is 26.7 Å². The van der Waals surface area contributed by atoms with Crippen LogP contribution in [0.25, 0.3) is 0 Å². The van der Waals surface area contributed by atoms with E-state index in [0.29, 0.717) is 0 Å². The highest BCUT2D eigenvalue weighted by molar-refractivity contribution is 7.82. The molecule has 0 spiro atoms. The van der Waals surface area contributed by atoms with Crippen molar-refractivity contribution in [2.75, 3.05) is 13.7 Å². The molecule has 2 atom stereocenters. The fraction of sp³-hybridized carbons (Fsp3) is 0.889. The second-order valence-corrected chi connectivity index (χ2v) is 5.96. The molecular weight excluding hydrogens is 216 g/mol. The first-order valence-corrected chi connectivity index (χ1v) is 6.26. The molecule has 0 bridgehead atoms. The third-order valence-electron chi connectivity index (χ3n) is 2.12. The van der Waals surface area contributed by atoms with Gasteiger partial charge in [-0.3, -0.25) is 0 Å². The van der Waals surface area contributed by atoms with Crippen LogP contribution >= 0.6 is 12.6 Å². The molecule has 0 fully saturated rings. The standard InChI is InChI=1S/C9H19O3SSi/c1-4-5-7(13)14-8(11)9(2,6-10)12-3/h7,10-11,13H,4-6H2,1-3H3. The summed E-state index contributed by atoms with van der Waals surface area (Å²) in [6.45, 7) is 3.53. The van der Waals surface area contributed by atoms with Gasteiger partial charge >= 0.3 is 0 Å². The Hall–Kier alpha value is 0.157. The van der Waals surface area contributed by atoms with Crippen molar-refractivity contribution in [1.82, 2.24) is 0 Å². The van der Waals surface area contributed by atoms with Gasteiger partial charge in [-0.05, 0) is 13.3 Å². The van der Waals surface area contributed by atoms with Gasteiger partial charge in [-0.15, -0.1) is 0 Å². The van der Waals surface area contributed by atoms with E-state index < -0.39 is 5.60 Å². The van der Waals surface area contributed by atoms with Crippen LogP contribution in [0.5, 0.6) is 0 Å². The van der Waals surface area contributed by atoms with Gasteiger partial charge in [0.25, 0.3) is 0 Å². The normalized spacial score (nSPS) is 19.1. The van der Waals surface area contributed by atoms with Gasteiger partial charge in [0.1, 0.15) is 5.60 Å². The largest absolute Gasteiger partial charge is 0.515 e. The van der Waals surface area contributed by atoms with Crippen LogP contribution in [0.2, 0.25) is 0 Å². The van der Waals surface area contributed by atoms with Crippen molar-refractivity contribution in [3.63, 3.8) is 0 Å². The van der Waals surface area contributed by atoms with Crippen LogP contribution in [0.4, 0.5) is 0 Å². The summed E-state index contributed by atoms with van der Waals surface area (Å²) in [6.07, 6.45) is 1.99. The fourth-order valence-electron chi connectivity index (χ4n) is 0.892. The van der Waals surface area contributed by atoms with Gasteiger partial charge in [-0.2, -0.15) is 12.6 Å². The second-order valence-electron chi connectivity index (χ2n) is 3.39. The summed E-state index contributed by atoms with van der Waals surface area (Å²) in [5, 5.41) is 19.0. The topological polar surface area (TPSA) is 49.7 Å². The minimum Gasteiger partial charge on any atom is -0.515 e. The molecule has 0 rings (SSSR count). The molecule has 2 unspecified atom stereocenters. The molecule has 5 heteroatoms. The van der Waals surface area contributed by atoms with E-state index in [1.165, 1.54) is 7.11 Å². The van der Waals surface area contributed by atoms with Gasteiger partial charge < -0.3 is 14.9 Å². The second kappa shape index (κ2) is 6.61. The Balaban J connectivity index is 4.48. The van der Waals surface area contributed by atoms with Gasteiger partial charge in [-0.25, -0.2) is 0 Å². The molecule has 0 amide bonds. The molecule has 0 aliphatic rings. The molecule has 0 saturated carbocycles. The van der Waals surface area contributed by atoms with E-state index in [2.05, 4.69) is 19.6 Å². The molecule has 3 nitrogen and oxygen atoms in total. The van der Waals surface area contributed by atoms with Gasteiger partial charge in [0.15, 0.2) is 0 Å². The summed E-state index contributed by atoms with van der Waals surface area (Å²) in [4.78, 5) is 0.154. The van der Waals surface area contributed by atoms with E-state index in [1.807, 2.05) is 0 Å².